The molecule has 0 amide bonds. The summed E-state index contributed by atoms with van der Waals surface area (Å²) >= 11 is 1.92. The third-order valence-corrected chi connectivity index (χ3v) is 6.18. The number of allylic oxidation sites excluding steroid dienone is 1. The highest BCUT2D eigenvalue weighted by atomic mass is 32.1. The van der Waals surface area contributed by atoms with E-state index in [2.05, 4.69) is 26.5 Å². The van der Waals surface area contributed by atoms with Gasteiger partial charge in [-0.1, -0.05) is 43.7 Å². The Morgan fingerprint density at radius 2 is 2.04 bits per heavy atom. The number of benzene rings is 1. The molecule has 1 aliphatic rings. The van der Waals surface area contributed by atoms with Crippen LogP contribution in [0.2, 0.25) is 0 Å². The minimum atomic E-state index is -0.0837. The van der Waals surface area contributed by atoms with Gasteiger partial charge >= 0.3 is 0 Å². The van der Waals surface area contributed by atoms with Gasteiger partial charge in [-0.05, 0) is 68.2 Å². The maximum absolute atomic E-state index is 14.4. The zero-order valence-electron chi connectivity index (χ0n) is 14.8. The Morgan fingerprint density at radius 3 is 2.71 bits per heavy atom. The topological polar surface area (TPSA) is 0 Å². The highest BCUT2D eigenvalue weighted by molar-refractivity contribution is 7.12. The first kappa shape index (κ1) is 17.4. The molecule has 1 unspecified atom stereocenters. The molecule has 2 heteroatoms. The Bertz CT molecular complexity index is 709. The lowest BCUT2D eigenvalue weighted by Crippen LogP contribution is -2.08. The Morgan fingerprint density at radius 1 is 1.29 bits per heavy atom. The van der Waals surface area contributed by atoms with Crippen molar-refractivity contribution in [3.8, 4) is 0 Å². The van der Waals surface area contributed by atoms with Crippen LogP contribution in [0.4, 0.5) is 4.39 Å². The largest absolute Gasteiger partial charge is 0.207 e. The first-order chi connectivity index (χ1) is 11.6. The van der Waals surface area contributed by atoms with Crippen molar-refractivity contribution in [2.45, 2.75) is 58.3 Å². The summed E-state index contributed by atoms with van der Waals surface area (Å²) in [6.07, 6.45) is 6.76. The number of hydrogen-bond acceptors (Lipinski definition) is 1. The molecule has 0 bridgehead atoms. The lowest BCUT2D eigenvalue weighted by atomic mass is 9.84. The zero-order chi connectivity index (χ0) is 17.1. The number of thiophene rings is 1. The molecule has 0 spiro atoms. The van der Waals surface area contributed by atoms with Crippen LogP contribution in [-0.4, -0.2) is 0 Å². The van der Waals surface area contributed by atoms with E-state index in [1.54, 1.807) is 12.1 Å². The smallest absolute Gasteiger partial charge is 0.127 e. The molecule has 1 heterocycles. The molecule has 128 valence electrons. The van der Waals surface area contributed by atoms with Gasteiger partial charge in [0.05, 0.1) is 0 Å². The Balaban J connectivity index is 1.80. The fourth-order valence-corrected chi connectivity index (χ4v) is 4.79. The molecular weight excluding hydrogens is 315 g/mol. The van der Waals surface area contributed by atoms with E-state index >= 15 is 0 Å². The number of hydrogen-bond donors (Lipinski definition) is 0. The van der Waals surface area contributed by atoms with Gasteiger partial charge in [0.2, 0.25) is 0 Å². The van der Waals surface area contributed by atoms with Crippen molar-refractivity contribution in [1.82, 2.24) is 0 Å². The highest BCUT2D eigenvalue weighted by Crippen LogP contribution is 2.45. The van der Waals surface area contributed by atoms with Gasteiger partial charge in [-0.2, -0.15) is 0 Å². The van der Waals surface area contributed by atoms with E-state index in [9.17, 15) is 4.39 Å². The zero-order valence-corrected chi connectivity index (χ0v) is 15.6. The third-order valence-electron chi connectivity index (χ3n) is 5.03. The number of halogens is 1. The molecule has 1 aromatic carbocycles. The molecule has 1 aliphatic carbocycles. The van der Waals surface area contributed by atoms with E-state index in [1.807, 2.05) is 23.5 Å². The molecule has 1 saturated carbocycles. The van der Waals surface area contributed by atoms with Crippen LogP contribution in [0, 0.1) is 18.7 Å². The van der Waals surface area contributed by atoms with Gasteiger partial charge < -0.3 is 0 Å². The monoisotopic (exact) mass is 342 g/mol. The summed E-state index contributed by atoms with van der Waals surface area (Å²) in [6.45, 7) is 8.76. The predicted molar refractivity (Wildman–Crippen MR) is 102 cm³/mol. The van der Waals surface area contributed by atoms with Gasteiger partial charge in [0.15, 0.2) is 0 Å². The summed E-state index contributed by atoms with van der Waals surface area (Å²) in [5.74, 6) is 0.668. The minimum absolute atomic E-state index is 0.0837. The van der Waals surface area contributed by atoms with Crippen molar-refractivity contribution in [1.29, 1.82) is 0 Å². The highest BCUT2D eigenvalue weighted by Gasteiger charge is 2.31. The first-order valence-corrected chi connectivity index (χ1v) is 9.93. The summed E-state index contributed by atoms with van der Waals surface area (Å²) in [5.41, 5.74) is 3.53. The van der Waals surface area contributed by atoms with E-state index in [-0.39, 0.29) is 11.7 Å². The third kappa shape index (κ3) is 3.97. The lowest BCUT2D eigenvalue weighted by Gasteiger charge is -2.21. The average molecular weight is 343 g/mol. The molecule has 1 fully saturated rings. The van der Waals surface area contributed by atoms with Gasteiger partial charge in [0.1, 0.15) is 5.82 Å². The van der Waals surface area contributed by atoms with Gasteiger partial charge in [-0.3, -0.25) is 0 Å². The molecule has 0 radical (unpaired) electrons. The predicted octanol–water partition coefficient (Wildman–Crippen LogP) is 6.83. The second-order valence-electron chi connectivity index (χ2n) is 7.02. The normalized spacial score (nSPS) is 15.5. The van der Waals surface area contributed by atoms with Crippen LogP contribution in [0.5, 0.6) is 0 Å². The molecule has 0 nitrogen and oxygen atoms in total. The second kappa shape index (κ2) is 7.65. The standard InChI is InChI=1S/C22H27FS/c1-4-7-22-18(14-15(2)24-22)12-13-19(16(3)17-10-11-17)20-8-5-6-9-21(20)23/h5-6,8-9,14,17,19H,3-4,7,10-13H2,1-2H3. The molecule has 2 aromatic rings. The van der Waals surface area contributed by atoms with Gasteiger partial charge in [0, 0.05) is 15.7 Å². The Kier molecular flexibility index (Phi) is 5.55. The van der Waals surface area contributed by atoms with Gasteiger partial charge in [-0.25, -0.2) is 4.39 Å². The maximum Gasteiger partial charge on any atom is 0.127 e. The van der Waals surface area contributed by atoms with Crippen LogP contribution in [0.15, 0.2) is 42.5 Å². The van der Waals surface area contributed by atoms with E-state index in [0.29, 0.717) is 5.92 Å². The molecular formula is C22H27FS. The van der Waals surface area contributed by atoms with Crippen LogP contribution in [0.3, 0.4) is 0 Å². The lowest BCUT2D eigenvalue weighted by molar-refractivity contribution is 0.573. The van der Waals surface area contributed by atoms with E-state index in [1.165, 1.54) is 40.2 Å². The molecule has 3 rings (SSSR count). The summed E-state index contributed by atoms with van der Waals surface area (Å²) < 4.78 is 14.4. The first-order valence-electron chi connectivity index (χ1n) is 9.11. The van der Waals surface area contributed by atoms with Crippen LogP contribution >= 0.6 is 11.3 Å². The SMILES string of the molecule is C=C(C1CC1)C(CCc1cc(C)sc1CCC)c1ccccc1F. The summed E-state index contributed by atoms with van der Waals surface area (Å²) in [5, 5.41) is 0. The van der Waals surface area contributed by atoms with E-state index in [0.717, 1.165) is 24.8 Å². The fourth-order valence-electron chi connectivity index (χ4n) is 3.60. The molecule has 0 saturated heterocycles. The maximum atomic E-state index is 14.4. The van der Waals surface area contributed by atoms with Crippen LogP contribution in [0.25, 0.3) is 0 Å². The average Bonchev–Trinajstić information content (AvgIpc) is 3.34. The van der Waals surface area contributed by atoms with Crippen LogP contribution < -0.4 is 0 Å². The number of aryl methyl sites for hydroxylation is 3. The Labute approximate surface area is 149 Å². The second-order valence-corrected chi connectivity index (χ2v) is 8.36. The van der Waals surface area contributed by atoms with Gasteiger partial charge in [-0.15, -0.1) is 11.3 Å². The van der Waals surface area contributed by atoms with Crippen molar-refractivity contribution in [3.05, 3.63) is 69.2 Å². The summed E-state index contributed by atoms with van der Waals surface area (Å²) in [4.78, 5) is 2.90. The fraction of sp³-hybridized carbons (Fsp3) is 0.455. The van der Waals surface area contributed by atoms with Crippen molar-refractivity contribution in [3.63, 3.8) is 0 Å². The van der Waals surface area contributed by atoms with Crippen molar-refractivity contribution < 1.29 is 4.39 Å². The molecule has 24 heavy (non-hydrogen) atoms. The van der Waals surface area contributed by atoms with E-state index in [4.69, 9.17) is 0 Å². The van der Waals surface area contributed by atoms with Crippen molar-refractivity contribution >= 4 is 11.3 Å². The quantitative estimate of drug-likeness (QED) is 0.461. The molecule has 0 N–H and O–H groups in total. The molecule has 1 aromatic heterocycles. The minimum Gasteiger partial charge on any atom is -0.207 e. The van der Waals surface area contributed by atoms with Crippen molar-refractivity contribution in [2.75, 3.05) is 0 Å². The van der Waals surface area contributed by atoms with Gasteiger partial charge in [0.25, 0.3) is 0 Å². The van der Waals surface area contributed by atoms with Crippen LogP contribution in [-0.2, 0) is 12.8 Å². The van der Waals surface area contributed by atoms with Crippen LogP contribution in [0.1, 0.15) is 59.4 Å². The summed E-state index contributed by atoms with van der Waals surface area (Å²) in [6, 6.07) is 9.58. The Hall–Kier alpha value is -1.41. The summed E-state index contributed by atoms with van der Waals surface area (Å²) in [7, 11) is 0. The molecule has 1 atom stereocenters. The van der Waals surface area contributed by atoms with Crippen molar-refractivity contribution in [2.24, 2.45) is 5.92 Å². The molecule has 0 aliphatic heterocycles. The van der Waals surface area contributed by atoms with E-state index < -0.39 is 0 Å². The number of rotatable bonds is 8.